The van der Waals surface area contributed by atoms with Crippen LogP contribution in [-0.4, -0.2) is 37.1 Å². The van der Waals surface area contributed by atoms with Crippen LogP contribution in [0.1, 0.15) is 24.5 Å². The van der Waals surface area contributed by atoms with Crippen LogP contribution in [0.25, 0.3) is 0 Å². The summed E-state index contributed by atoms with van der Waals surface area (Å²) in [6.07, 6.45) is -3.11. The monoisotopic (exact) mass is 522 g/mol. The number of benzene rings is 2. The van der Waals surface area contributed by atoms with Gasteiger partial charge in [0.2, 0.25) is 0 Å². The van der Waals surface area contributed by atoms with Crippen LogP contribution < -0.4 is 15.6 Å². The summed E-state index contributed by atoms with van der Waals surface area (Å²) >= 11 is 23.4. The van der Waals surface area contributed by atoms with Gasteiger partial charge in [-0.15, -0.1) is 0 Å². The number of halogens is 6. The van der Waals surface area contributed by atoms with Gasteiger partial charge >= 0.3 is 6.18 Å². The largest absolute Gasteiger partial charge is 0.400 e. The molecule has 1 aliphatic rings. The first-order chi connectivity index (χ1) is 15.1. The van der Waals surface area contributed by atoms with E-state index in [0.717, 1.165) is 0 Å². The maximum absolute atomic E-state index is 14.3. The molecule has 1 aliphatic heterocycles. The lowest BCUT2D eigenvalue weighted by Crippen LogP contribution is -2.44. The van der Waals surface area contributed by atoms with E-state index in [1.54, 1.807) is 23.1 Å². The molecule has 11 heteroatoms. The van der Waals surface area contributed by atoms with Crippen molar-refractivity contribution in [3.8, 4) is 0 Å². The second-order valence-corrected chi connectivity index (χ2v) is 9.03. The molecule has 0 aliphatic carbocycles. The first-order valence-corrected chi connectivity index (χ1v) is 11.2. The first kappa shape index (κ1) is 24.9. The summed E-state index contributed by atoms with van der Waals surface area (Å²) in [6.45, 7) is 2.49. The summed E-state index contributed by atoms with van der Waals surface area (Å²) in [5, 5.41) is 7.97. The van der Waals surface area contributed by atoms with Gasteiger partial charge in [0.05, 0.1) is 11.2 Å². The lowest BCUT2D eigenvalue weighted by atomic mass is 9.79. The Kier molecular flexibility index (Phi) is 7.81. The van der Waals surface area contributed by atoms with E-state index < -0.39 is 11.6 Å². The Morgan fingerprint density at radius 2 is 1.88 bits per heavy atom. The van der Waals surface area contributed by atoms with Crippen LogP contribution in [0, 0.1) is 0 Å². The SMILES string of the molecule is CCNC(=S)N/N=C/c1ccc(N2CCC(c3cc(Cl)cc(Cl)c3)(C(F)(F)F)C2)cc1Cl. The third kappa shape index (κ3) is 5.42. The van der Waals surface area contributed by atoms with E-state index in [4.69, 9.17) is 47.0 Å². The molecule has 0 saturated carbocycles. The third-order valence-electron chi connectivity index (χ3n) is 5.28. The highest BCUT2D eigenvalue weighted by atomic mass is 35.5. The highest BCUT2D eigenvalue weighted by Gasteiger charge is 2.59. The fourth-order valence-corrected chi connectivity index (χ4v) is 4.62. The standard InChI is InChI=1S/C21H20Cl3F3N4S/c1-2-28-19(32)30-29-11-13-3-4-17(10-18(13)24)31-6-5-20(12-31,21(25,26)27)14-7-15(22)9-16(23)8-14/h3-4,7-11H,2,5-6,12H2,1H3,(H2,28,30,32)/b29-11+. The van der Waals surface area contributed by atoms with Gasteiger partial charge in [-0.1, -0.05) is 34.8 Å². The van der Waals surface area contributed by atoms with Gasteiger partial charge in [-0.3, -0.25) is 5.43 Å². The number of thiocarbonyl (C=S) groups is 1. The second kappa shape index (κ2) is 10.0. The Balaban J connectivity index is 1.83. The number of hydrogen-bond donors (Lipinski definition) is 2. The van der Waals surface area contributed by atoms with Gasteiger partial charge in [-0.2, -0.15) is 18.3 Å². The smallest absolute Gasteiger partial charge is 0.370 e. The van der Waals surface area contributed by atoms with Gasteiger partial charge in [0.15, 0.2) is 5.11 Å². The molecule has 0 spiro atoms. The van der Waals surface area contributed by atoms with Crippen molar-refractivity contribution in [2.24, 2.45) is 5.10 Å². The fraction of sp³-hybridized carbons (Fsp3) is 0.333. The van der Waals surface area contributed by atoms with E-state index in [0.29, 0.717) is 27.9 Å². The molecule has 0 radical (unpaired) electrons. The van der Waals surface area contributed by atoms with E-state index in [1.807, 2.05) is 6.92 Å². The van der Waals surface area contributed by atoms with Gasteiger partial charge in [-0.25, -0.2) is 0 Å². The molecule has 1 saturated heterocycles. The number of hydrazone groups is 1. The summed E-state index contributed by atoms with van der Waals surface area (Å²) in [7, 11) is 0. The van der Waals surface area contributed by atoms with Crippen LogP contribution in [0.15, 0.2) is 41.5 Å². The summed E-state index contributed by atoms with van der Waals surface area (Å²) in [5.74, 6) is 0. The van der Waals surface area contributed by atoms with Crippen LogP contribution >= 0.6 is 47.0 Å². The molecule has 0 aromatic heterocycles. The van der Waals surface area contributed by atoms with Crippen LogP contribution in [-0.2, 0) is 5.41 Å². The maximum atomic E-state index is 14.3. The molecule has 0 bridgehead atoms. The van der Waals surface area contributed by atoms with Crippen molar-refractivity contribution in [1.82, 2.24) is 10.7 Å². The zero-order valence-corrected chi connectivity index (χ0v) is 20.0. The fourth-order valence-electron chi connectivity index (χ4n) is 3.67. The Morgan fingerprint density at radius 3 is 2.47 bits per heavy atom. The predicted molar refractivity (Wildman–Crippen MR) is 129 cm³/mol. The number of rotatable bonds is 5. The first-order valence-electron chi connectivity index (χ1n) is 9.70. The molecule has 2 N–H and O–H groups in total. The van der Waals surface area contributed by atoms with Crippen molar-refractivity contribution in [3.05, 3.63) is 62.6 Å². The average Bonchev–Trinajstić information content (AvgIpc) is 3.15. The molecule has 172 valence electrons. The van der Waals surface area contributed by atoms with Crippen LogP contribution in [0.4, 0.5) is 18.9 Å². The molecule has 1 atom stereocenters. The Labute approximate surface area is 204 Å². The molecule has 0 amide bonds. The minimum atomic E-state index is -4.48. The quantitative estimate of drug-likeness (QED) is 0.279. The number of nitrogens with zero attached hydrogens (tertiary/aromatic N) is 2. The van der Waals surface area contributed by atoms with E-state index >= 15 is 0 Å². The van der Waals surface area contributed by atoms with Gasteiger partial charge < -0.3 is 10.2 Å². The average molecular weight is 524 g/mol. The normalized spacial score (nSPS) is 18.9. The van der Waals surface area contributed by atoms with Gasteiger partial charge in [0.25, 0.3) is 0 Å². The molecule has 2 aromatic carbocycles. The summed E-state index contributed by atoms with van der Waals surface area (Å²) in [4.78, 5) is 1.66. The van der Waals surface area contributed by atoms with Gasteiger partial charge in [0.1, 0.15) is 5.41 Å². The molecular formula is C21H20Cl3F3N4S. The zero-order chi connectivity index (χ0) is 23.5. The Bertz CT molecular complexity index is 1010. The number of hydrogen-bond acceptors (Lipinski definition) is 3. The molecule has 1 unspecified atom stereocenters. The predicted octanol–water partition coefficient (Wildman–Crippen LogP) is 6.18. The number of alkyl halides is 3. The Hall–Kier alpha value is -1.74. The van der Waals surface area contributed by atoms with Crippen LogP contribution in [0.2, 0.25) is 15.1 Å². The highest BCUT2D eigenvalue weighted by Crippen LogP contribution is 2.49. The van der Waals surface area contributed by atoms with E-state index in [-0.39, 0.29) is 35.1 Å². The van der Waals surface area contributed by atoms with Crippen molar-refractivity contribution in [2.45, 2.75) is 24.9 Å². The number of nitrogens with one attached hydrogen (secondary N) is 2. The second-order valence-electron chi connectivity index (χ2n) is 7.34. The summed E-state index contributed by atoms with van der Waals surface area (Å²) < 4.78 is 42.8. The zero-order valence-electron chi connectivity index (χ0n) is 16.9. The lowest BCUT2D eigenvalue weighted by Gasteiger charge is -2.33. The van der Waals surface area contributed by atoms with Crippen LogP contribution in [0.3, 0.4) is 0 Å². The molecule has 2 aromatic rings. The van der Waals surface area contributed by atoms with Gasteiger partial charge in [0, 0.05) is 40.9 Å². The van der Waals surface area contributed by atoms with Crippen LogP contribution in [0.5, 0.6) is 0 Å². The van der Waals surface area contributed by atoms with Crippen molar-refractivity contribution in [2.75, 3.05) is 24.5 Å². The molecule has 32 heavy (non-hydrogen) atoms. The van der Waals surface area contributed by atoms with Gasteiger partial charge in [-0.05, 0) is 67.5 Å². The van der Waals surface area contributed by atoms with Crippen molar-refractivity contribution < 1.29 is 13.2 Å². The van der Waals surface area contributed by atoms with Crippen molar-refractivity contribution in [3.63, 3.8) is 0 Å². The lowest BCUT2D eigenvalue weighted by molar-refractivity contribution is -0.184. The van der Waals surface area contributed by atoms with E-state index in [1.165, 1.54) is 24.4 Å². The molecule has 3 rings (SSSR count). The van der Waals surface area contributed by atoms with E-state index in [9.17, 15) is 13.2 Å². The molecular weight excluding hydrogens is 504 g/mol. The summed E-state index contributed by atoms with van der Waals surface area (Å²) in [5.41, 5.74) is 1.82. The third-order valence-corrected chi connectivity index (χ3v) is 6.28. The van der Waals surface area contributed by atoms with E-state index in [2.05, 4.69) is 15.8 Å². The minimum absolute atomic E-state index is 0.0579. The topological polar surface area (TPSA) is 39.7 Å². The molecule has 1 heterocycles. The minimum Gasteiger partial charge on any atom is -0.370 e. The Morgan fingerprint density at radius 1 is 1.19 bits per heavy atom. The van der Waals surface area contributed by atoms with Crippen molar-refractivity contribution >= 4 is 64.0 Å². The summed E-state index contributed by atoms with van der Waals surface area (Å²) in [6, 6.07) is 9.13. The number of anilines is 1. The van der Waals surface area contributed by atoms with Crippen molar-refractivity contribution in [1.29, 1.82) is 0 Å². The highest BCUT2D eigenvalue weighted by molar-refractivity contribution is 7.80. The molecule has 4 nitrogen and oxygen atoms in total. The maximum Gasteiger partial charge on any atom is 0.400 e. The molecule has 1 fully saturated rings.